The number of anilines is 1. The Kier molecular flexibility index (Phi) is 8.41. The minimum atomic E-state index is -0.115. The molecule has 2 aromatic carbocycles. The number of fused-ring (bicyclic) bond motifs is 1. The fourth-order valence-electron chi connectivity index (χ4n) is 4.59. The molecule has 1 aliphatic rings. The van der Waals surface area contributed by atoms with Gasteiger partial charge in [0.25, 0.3) is 0 Å². The topological polar surface area (TPSA) is 77.3 Å². The third kappa shape index (κ3) is 5.92. The number of methoxy groups -OCH3 is 2. The number of urea groups is 1. The molecule has 0 spiro atoms. The number of carbonyl (C=O) groups excluding carboxylic acids is 1. The van der Waals surface area contributed by atoms with Crippen molar-refractivity contribution in [3.8, 4) is 22.8 Å². The van der Waals surface area contributed by atoms with Crippen molar-refractivity contribution in [2.24, 2.45) is 0 Å². The lowest BCUT2D eigenvalue weighted by atomic mass is 10.1. The van der Waals surface area contributed by atoms with Crippen LogP contribution in [0, 0.1) is 0 Å². The van der Waals surface area contributed by atoms with E-state index in [0.29, 0.717) is 19.5 Å². The van der Waals surface area contributed by atoms with Crippen LogP contribution in [0.15, 0.2) is 58.9 Å². The molecule has 200 valence electrons. The Morgan fingerprint density at radius 2 is 2.08 bits per heavy atom. The Bertz CT molecular complexity index is 1380. The molecule has 0 unspecified atom stereocenters. The first-order valence-electron chi connectivity index (χ1n) is 12.6. The molecule has 0 bridgehead atoms. The van der Waals surface area contributed by atoms with E-state index in [4.69, 9.17) is 19.2 Å². The molecule has 0 aliphatic carbocycles. The molecule has 2 amide bonds. The van der Waals surface area contributed by atoms with Gasteiger partial charge in [-0.3, -0.25) is 4.40 Å². The number of amides is 2. The van der Waals surface area contributed by atoms with Gasteiger partial charge < -0.3 is 24.4 Å². The fourth-order valence-corrected chi connectivity index (χ4v) is 5.91. The van der Waals surface area contributed by atoms with Crippen molar-refractivity contribution in [2.45, 2.75) is 30.3 Å². The molecule has 1 fully saturated rings. The zero-order chi connectivity index (χ0) is 26.5. The van der Waals surface area contributed by atoms with E-state index in [2.05, 4.69) is 15.1 Å². The van der Waals surface area contributed by atoms with Crippen molar-refractivity contribution in [1.82, 2.24) is 14.3 Å². The van der Waals surface area contributed by atoms with Gasteiger partial charge in [-0.05, 0) is 61.6 Å². The summed E-state index contributed by atoms with van der Waals surface area (Å²) < 4.78 is 18.9. The van der Waals surface area contributed by atoms with Crippen LogP contribution in [0.3, 0.4) is 0 Å². The van der Waals surface area contributed by atoms with Crippen LogP contribution in [-0.2, 0) is 11.2 Å². The highest BCUT2D eigenvalue weighted by Crippen LogP contribution is 2.34. The second-order valence-electron chi connectivity index (χ2n) is 9.06. The Morgan fingerprint density at radius 1 is 1.24 bits per heavy atom. The van der Waals surface area contributed by atoms with Gasteiger partial charge in [-0.25, -0.2) is 9.78 Å². The molecule has 1 aliphatic heterocycles. The first kappa shape index (κ1) is 26.4. The SMILES string of the molecule is COc1ccc(OC)c(-c2cn3c(CCN(C[C@@H]4CCCO4)C(=O)Nc4ccc(SC)cc4)csc3n2)c1. The summed E-state index contributed by atoms with van der Waals surface area (Å²) in [5.74, 6) is 1.49. The van der Waals surface area contributed by atoms with Gasteiger partial charge in [0, 0.05) is 59.5 Å². The van der Waals surface area contributed by atoms with Crippen molar-refractivity contribution < 1.29 is 19.0 Å². The number of benzene rings is 2. The fraction of sp³-hybridized carbons (Fsp3) is 0.357. The van der Waals surface area contributed by atoms with Crippen molar-refractivity contribution >= 4 is 39.8 Å². The number of thioether (sulfide) groups is 1. The zero-order valence-electron chi connectivity index (χ0n) is 21.8. The first-order chi connectivity index (χ1) is 18.6. The van der Waals surface area contributed by atoms with Gasteiger partial charge in [0.1, 0.15) is 11.5 Å². The number of hydrogen-bond donors (Lipinski definition) is 1. The number of thiazole rings is 1. The molecule has 5 rings (SSSR count). The third-order valence-electron chi connectivity index (χ3n) is 6.68. The normalized spacial score (nSPS) is 15.1. The quantitative estimate of drug-likeness (QED) is 0.241. The van der Waals surface area contributed by atoms with E-state index >= 15 is 0 Å². The maximum absolute atomic E-state index is 13.3. The molecular formula is C28H32N4O4S2. The second kappa shape index (κ2) is 12.1. The van der Waals surface area contributed by atoms with E-state index in [1.54, 1.807) is 37.3 Å². The summed E-state index contributed by atoms with van der Waals surface area (Å²) >= 11 is 3.26. The van der Waals surface area contributed by atoms with E-state index in [0.717, 1.165) is 63.4 Å². The summed E-state index contributed by atoms with van der Waals surface area (Å²) in [6.07, 6.45) is 6.83. The summed E-state index contributed by atoms with van der Waals surface area (Å²) in [5.41, 5.74) is 3.58. The number of rotatable bonds is 10. The molecule has 4 aromatic rings. The van der Waals surface area contributed by atoms with Gasteiger partial charge >= 0.3 is 6.03 Å². The van der Waals surface area contributed by atoms with Gasteiger partial charge in [-0.2, -0.15) is 0 Å². The van der Waals surface area contributed by atoms with Crippen LogP contribution in [0.5, 0.6) is 11.5 Å². The minimum Gasteiger partial charge on any atom is -0.497 e. The smallest absolute Gasteiger partial charge is 0.321 e. The summed E-state index contributed by atoms with van der Waals surface area (Å²) in [6, 6.07) is 13.5. The highest BCUT2D eigenvalue weighted by molar-refractivity contribution is 7.98. The van der Waals surface area contributed by atoms with Gasteiger partial charge in [-0.1, -0.05) is 0 Å². The summed E-state index contributed by atoms with van der Waals surface area (Å²) in [6.45, 7) is 1.89. The van der Waals surface area contributed by atoms with E-state index in [1.807, 2.05) is 59.8 Å². The average molecular weight is 553 g/mol. The lowest BCUT2D eigenvalue weighted by Crippen LogP contribution is -2.41. The molecule has 1 atom stereocenters. The van der Waals surface area contributed by atoms with Crippen LogP contribution in [0.4, 0.5) is 10.5 Å². The Hall–Kier alpha value is -3.21. The highest BCUT2D eigenvalue weighted by Gasteiger charge is 2.23. The minimum absolute atomic E-state index is 0.0717. The summed E-state index contributed by atoms with van der Waals surface area (Å²) in [7, 11) is 3.30. The number of imidazole rings is 1. The van der Waals surface area contributed by atoms with Crippen molar-refractivity contribution in [3.63, 3.8) is 0 Å². The van der Waals surface area contributed by atoms with Crippen LogP contribution in [-0.4, -0.2) is 66.6 Å². The molecule has 1 N–H and O–H groups in total. The average Bonchev–Trinajstić information content (AvgIpc) is 3.69. The molecular weight excluding hydrogens is 520 g/mol. The Balaban J connectivity index is 1.33. The van der Waals surface area contributed by atoms with Crippen molar-refractivity contribution in [3.05, 3.63) is 59.7 Å². The van der Waals surface area contributed by atoms with Crippen LogP contribution in [0.25, 0.3) is 16.2 Å². The molecule has 38 heavy (non-hydrogen) atoms. The molecule has 0 saturated carbocycles. The molecule has 3 heterocycles. The first-order valence-corrected chi connectivity index (χ1v) is 14.7. The third-order valence-corrected chi connectivity index (χ3v) is 8.31. The number of hydrogen-bond acceptors (Lipinski definition) is 7. The Labute approximate surface area is 230 Å². The molecule has 8 nitrogen and oxygen atoms in total. The highest BCUT2D eigenvalue weighted by atomic mass is 32.2. The second-order valence-corrected chi connectivity index (χ2v) is 10.8. The van der Waals surface area contributed by atoms with E-state index in [-0.39, 0.29) is 12.1 Å². The van der Waals surface area contributed by atoms with Crippen LogP contribution in [0.2, 0.25) is 0 Å². The lowest BCUT2D eigenvalue weighted by molar-refractivity contribution is 0.0838. The van der Waals surface area contributed by atoms with E-state index < -0.39 is 0 Å². The number of nitrogens with zero attached hydrogens (tertiary/aromatic N) is 3. The largest absolute Gasteiger partial charge is 0.497 e. The monoisotopic (exact) mass is 552 g/mol. The van der Waals surface area contributed by atoms with Crippen LogP contribution in [0.1, 0.15) is 18.5 Å². The Morgan fingerprint density at radius 3 is 2.79 bits per heavy atom. The van der Waals surface area contributed by atoms with Gasteiger partial charge in [0.05, 0.1) is 26.0 Å². The van der Waals surface area contributed by atoms with E-state index in [1.165, 1.54) is 0 Å². The standard InChI is InChI=1S/C28H32N4O4S2/c1-34-21-8-11-26(35-2)24(15-21)25-17-32-20(18-38-28(32)30-25)12-13-31(16-22-5-4-14-36-22)27(33)29-19-6-9-23(37-3)10-7-19/h6-11,15,17-18,22H,4-5,12-14,16H2,1-3H3,(H,29,33)/t22-/m0/s1. The number of carbonyl (C=O) groups is 1. The summed E-state index contributed by atoms with van der Waals surface area (Å²) in [5, 5.41) is 5.17. The van der Waals surface area contributed by atoms with Crippen molar-refractivity contribution in [1.29, 1.82) is 0 Å². The predicted molar refractivity (Wildman–Crippen MR) is 153 cm³/mol. The van der Waals surface area contributed by atoms with Gasteiger partial charge in [-0.15, -0.1) is 23.1 Å². The predicted octanol–water partition coefficient (Wildman–Crippen LogP) is 6.06. The number of nitrogens with one attached hydrogen (secondary N) is 1. The maximum atomic E-state index is 13.3. The van der Waals surface area contributed by atoms with Crippen LogP contribution >= 0.6 is 23.1 Å². The van der Waals surface area contributed by atoms with Gasteiger partial charge in [0.2, 0.25) is 0 Å². The van der Waals surface area contributed by atoms with Crippen molar-refractivity contribution in [2.75, 3.05) is 45.5 Å². The number of ether oxygens (including phenoxy) is 3. The van der Waals surface area contributed by atoms with Gasteiger partial charge in [0.15, 0.2) is 4.96 Å². The number of aromatic nitrogens is 2. The van der Waals surface area contributed by atoms with Crippen LogP contribution < -0.4 is 14.8 Å². The molecule has 1 saturated heterocycles. The molecule has 2 aromatic heterocycles. The lowest BCUT2D eigenvalue weighted by Gasteiger charge is -2.25. The molecule has 0 radical (unpaired) electrons. The molecule has 10 heteroatoms. The maximum Gasteiger partial charge on any atom is 0.321 e. The zero-order valence-corrected chi connectivity index (χ0v) is 23.4. The van der Waals surface area contributed by atoms with E-state index in [9.17, 15) is 4.79 Å². The summed E-state index contributed by atoms with van der Waals surface area (Å²) in [4.78, 5) is 22.1.